The Balaban J connectivity index is 1.55. The third-order valence-corrected chi connectivity index (χ3v) is 6.13. The van der Waals surface area contributed by atoms with Gasteiger partial charge >= 0.3 is 0 Å². The standard InChI is InChI=1S/C28H21BrN4O/c1-19-7-2-5-12-26(19)33-27(24-11-6-9-21-8-3-4-10-23(21)24)17-25(32-33)28(34)31-30-18-20-13-15-22(29)16-14-20/h2-18H,1H3,(H,31,34)/b30-18-. The Kier molecular flexibility index (Phi) is 6.06. The summed E-state index contributed by atoms with van der Waals surface area (Å²) in [5.41, 5.74) is 7.60. The average molecular weight is 509 g/mol. The van der Waals surface area contributed by atoms with Crippen molar-refractivity contribution in [2.24, 2.45) is 5.10 Å². The smallest absolute Gasteiger partial charge is 0.265 e. The fourth-order valence-corrected chi connectivity index (χ4v) is 4.15. The molecule has 1 N–H and O–H groups in total. The highest BCUT2D eigenvalue weighted by atomic mass is 79.9. The molecule has 0 spiro atoms. The molecule has 0 saturated heterocycles. The number of hydrogen-bond donors (Lipinski definition) is 1. The summed E-state index contributed by atoms with van der Waals surface area (Å²) in [5, 5.41) is 11.0. The molecule has 5 rings (SSSR count). The number of rotatable bonds is 5. The highest BCUT2D eigenvalue weighted by Crippen LogP contribution is 2.31. The van der Waals surface area contributed by atoms with E-state index in [4.69, 9.17) is 0 Å². The maximum atomic E-state index is 13.0. The number of aryl methyl sites for hydroxylation is 1. The van der Waals surface area contributed by atoms with Crippen LogP contribution in [0.25, 0.3) is 27.7 Å². The van der Waals surface area contributed by atoms with Gasteiger partial charge in [-0.15, -0.1) is 0 Å². The van der Waals surface area contributed by atoms with E-state index < -0.39 is 0 Å². The molecule has 0 aliphatic carbocycles. The van der Waals surface area contributed by atoms with E-state index in [2.05, 4.69) is 55.8 Å². The summed E-state index contributed by atoms with van der Waals surface area (Å²) in [6.07, 6.45) is 1.61. The van der Waals surface area contributed by atoms with Gasteiger partial charge in [0, 0.05) is 10.0 Å². The molecule has 34 heavy (non-hydrogen) atoms. The van der Waals surface area contributed by atoms with Gasteiger partial charge in [-0.25, -0.2) is 10.1 Å². The molecule has 0 fully saturated rings. The second-order valence-corrected chi connectivity index (χ2v) is 8.81. The van der Waals surface area contributed by atoms with Crippen molar-refractivity contribution >= 4 is 38.8 Å². The van der Waals surface area contributed by atoms with Crippen LogP contribution in [0.5, 0.6) is 0 Å². The SMILES string of the molecule is Cc1ccccc1-n1nc(C(=O)N/N=C\c2ccc(Br)cc2)cc1-c1cccc2ccccc12. The number of carbonyl (C=O) groups is 1. The maximum Gasteiger partial charge on any atom is 0.291 e. The minimum atomic E-state index is -0.373. The van der Waals surface area contributed by atoms with Crippen LogP contribution in [0.15, 0.2) is 107 Å². The average Bonchev–Trinajstić information content (AvgIpc) is 3.30. The Bertz CT molecular complexity index is 1510. The molecule has 0 saturated carbocycles. The Labute approximate surface area is 205 Å². The number of hydrogen-bond acceptors (Lipinski definition) is 3. The zero-order valence-corrected chi connectivity index (χ0v) is 20.0. The summed E-state index contributed by atoms with van der Waals surface area (Å²) < 4.78 is 2.82. The highest BCUT2D eigenvalue weighted by molar-refractivity contribution is 9.10. The normalized spacial score (nSPS) is 11.2. The molecule has 0 aliphatic heterocycles. The Morgan fingerprint density at radius 3 is 2.50 bits per heavy atom. The first-order valence-electron chi connectivity index (χ1n) is 10.8. The zero-order valence-electron chi connectivity index (χ0n) is 18.4. The molecular formula is C28H21BrN4O. The molecule has 0 unspecified atom stereocenters. The van der Waals surface area contributed by atoms with Crippen molar-refractivity contribution in [1.82, 2.24) is 15.2 Å². The lowest BCUT2D eigenvalue weighted by atomic mass is 10.0. The van der Waals surface area contributed by atoms with Crippen LogP contribution in [0.1, 0.15) is 21.6 Å². The fraction of sp³-hybridized carbons (Fsp3) is 0.0357. The molecule has 4 aromatic carbocycles. The summed E-state index contributed by atoms with van der Waals surface area (Å²) in [6.45, 7) is 2.03. The van der Waals surface area contributed by atoms with Crippen LogP contribution in [0, 0.1) is 6.92 Å². The summed E-state index contributed by atoms with van der Waals surface area (Å²) in [6, 6.07) is 31.8. The lowest BCUT2D eigenvalue weighted by Crippen LogP contribution is -2.18. The summed E-state index contributed by atoms with van der Waals surface area (Å²) in [5.74, 6) is -0.373. The number of fused-ring (bicyclic) bond motifs is 1. The van der Waals surface area contributed by atoms with Crippen molar-refractivity contribution in [3.8, 4) is 16.9 Å². The van der Waals surface area contributed by atoms with Gasteiger partial charge in [-0.3, -0.25) is 4.79 Å². The second kappa shape index (κ2) is 9.45. The third-order valence-electron chi connectivity index (χ3n) is 5.60. The van der Waals surface area contributed by atoms with Crippen LogP contribution in [0.4, 0.5) is 0 Å². The lowest BCUT2D eigenvalue weighted by Gasteiger charge is -2.12. The number of halogens is 1. The van der Waals surface area contributed by atoms with Gasteiger partial charge in [0.2, 0.25) is 0 Å². The van der Waals surface area contributed by atoms with Gasteiger partial charge in [0.15, 0.2) is 5.69 Å². The fourth-order valence-electron chi connectivity index (χ4n) is 3.89. The van der Waals surface area contributed by atoms with E-state index in [1.165, 1.54) is 0 Å². The van der Waals surface area contributed by atoms with Gasteiger partial charge in [0.25, 0.3) is 5.91 Å². The van der Waals surface area contributed by atoms with E-state index in [0.29, 0.717) is 5.69 Å². The molecular weight excluding hydrogens is 488 g/mol. The molecule has 5 nitrogen and oxygen atoms in total. The van der Waals surface area contributed by atoms with Crippen molar-refractivity contribution < 1.29 is 4.79 Å². The molecule has 0 radical (unpaired) electrons. The Morgan fingerprint density at radius 2 is 1.68 bits per heavy atom. The number of benzene rings is 4. The largest absolute Gasteiger partial charge is 0.291 e. The molecule has 6 heteroatoms. The van der Waals surface area contributed by atoms with E-state index in [1.54, 1.807) is 6.21 Å². The van der Waals surface area contributed by atoms with E-state index in [1.807, 2.05) is 84.4 Å². The Morgan fingerprint density at radius 1 is 0.941 bits per heavy atom. The Hall–Kier alpha value is -4.03. The second-order valence-electron chi connectivity index (χ2n) is 7.89. The number of para-hydroxylation sites is 1. The molecule has 1 aromatic heterocycles. The van der Waals surface area contributed by atoms with Gasteiger partial charge in [-0.05, 0) is 53.1 Å². The summed E-state index contributed by atoms with van der Waals surface area (Å²) in [7, 11) is 0. The number of carbonyl (C=O) groups excluding carboxylic acids is 1. The van der Waals surface area contributed by atoms with Crippen LogP contribution < -0.4 is 5.43 Å². The van der Waals surface area contributed by atoms with E-state index >= 15 is 0 Å². The maximum absolute atomic E-state index is 13.0. The molecule has 5 aromatic rings. The first-order chi connectivity index (χ1) is 16.6. The molecule has 166 valence electrons. The van der Waals surface area contributed by atoms with Crippen molar-refractivity contribution in [1.29, 1.82) is 0 Å². The van der Waals surface area contributed by atoms with E-state index in [9.17, 15) is 4.79 Å². The number of hydrazone groups is 1. The quantitative estimate of drug-likeness (QED) is 0.216. The van der Waals surface area contributed by atoms with Crippen LogP contribution >= 0.6 is 15.9 Å². The molecule has 0 bridgehead atoms. The van der Waals surface area contributed by atoms with Crippen LogP contribution in [-0.4, -0.2) is 21.9 Å². The first kappa shape index (κ1) is 21.8. The number of nitrogens with zero attached hydrogens (tertiary/aromatic N) is 3. The van der Waals surface area contributed by atoms with E-state index in [-0.39, 0.29) is 5.91 Å². The number of aromatic nitrogens is 2. The van der Waals surface area contributed by atoms with E-state index in [0.717, 1.165) is 43.3 Å². The first-order valence-corrected chi connectivity index (χ1v) is 11.6. The number of amides is 1. The summed E-state index contributed by atoms with van der Waals surface area (Å²) in [4.78, 5) is 13.0. The predicted octanol–water partition coefficient (Wildman–Crippen LogP) is 6.53. The third kappa shape index (κ3) is 4.40. The monoisotopic (exact) mass is 508 g/mol. The molecule has 0 aliphatic rings. The van der Waals surface area contributed by atoms with Crippen molar-refractivity contribution in [2.75, 3.05) is 0 Å². The minimum absolute atomic E-state index is 0.291. The van der Waals surface area contributed by atoms with Crippen molar-refractivity contribution in [3.05, 3.63) is 118 Å². The lowest BCUT2D eigenvalue weighted by molar-refractivity contribution is 0.0949. The summed E-state index contributed by atoms with van der Waals surface area (Å²) >= 11 is 3.41. The van der Waals surface area contributed by atoms with Gasteiger partial charge in [-0.2, -0.15) is 10.2 Å². The number of nitrogens with one attached hydrogen (secondary N) is 1. The van der Waals surface area contributed by atoms with Crippen LogP contribution in [-0.2, 0) is 0 Å². The van der Waals surface area contributed by atoms with Gasteiger partial charge in [-0.1, -0.05) is 88.7 Å². The molecule has 0 atom stereocenters. The topological polar surface area (TPSA) is 59.3 Å². The molecule has 1 heterocycles. The predicted molar refractivity (Wildman–Crippen MR) is 140 cm³/mol. The minimum Gasteiger partial charge on any atom is -0.265 e. The molecule has 1 amide bonds. The van der Waals surface area contributed by atoms with Gasteiger partial charge < -0.3 is 0 Å². The van der Waals surface area contributed by atoms with Crippen LogP contribution in [0.2, 0.25) is 0 Å². The highest BCUT2D eigenvalue weighted by Gasteiger charge is 2.18. The van der Waals surface area contributed by atoms with Crippen molar-refractivity contribution in [2.45, 2.75) is 6.92 Å². The zero-order chi connectivity index (χ0) is 23.5. The van der Waals surface area contributed by atoms with Gasteiger partial charge in [0.1, 0.15) is 0 Å². The van der Waals surface area contributed by atoms with Crippen molar-refractivity contribution in [3.63, 3.8) is 0 Å². The van der Waals surface area contributed by atoms with Crippen LogP contribution in [0.3, 0.4) is 0 Å². The van der Waals surface area contributed by atoms with Gasteiger partial charge in [0.05, 0.1) is 17.6 Å².